The van der Waals surface area contributed by atoms with E-state index in [1.165, 1.54) is 11.3 Å². The van der Waals surface area contributed by atoms with Gasteiger partial charge in [0.05, 0.1) is 10.4 Å². The average Bonchev–Trinajstić information content (AvgIpc) is 3.26. The highest BCUT2D eigenvalue weighted by Crippen LogP contribution is 2.18. The van der Waals surface area contributed by atoms with Crippen LogP contribution in [0.25, 0.3) is 0 Å². The number of nitrogens with one attached hydrogen (secondary N) is 1. The number of carbonyl (C=O) groups is 2. The van der Waals surface area contributed by atoms with Crippen molar-refractivity contribution in [3.63, 3.8) is 0 Å². The van der Waals surface area contributed by atoms with E-state index >= 15 is 0 Å². The van der Waals surface area contributed by atoms with Crippen LogP contribution >= 0.6 is 11.3 Å². The van der Waals surface area contributed by atoms with Gasteiger partial charge < -0.3 is 15.1 Å². The molecule has 0 saturated carbocycles. The van der Waals surface area contributed by atoms with E-state index in [2.05, 4.69) is 16.4 Å². The standard InChI is InChI=1S/C19H21N5O2S/c20-14-15-4-1-7-21-18(15)24-11-9-23(10-12-24)17(25)6-2-8-22-19(26)16-5-3-13-27-16/h1,3-5,7,13H,2,6,8-12H2,(H,22,26). The van der Waals surface area contributed by atoms with Gasteiger partial charge in [-0.1, -0.05) is 6.07 Å². The Morgan fingerprint density at radius 1 is 1.22 bits per heavy atom. The molecule has 0 aliphatic carbocycles. The van der Waals surface area contributed by atoms with Crippen LogP contribution in [0.1, 0.15) is 28.1 Å². The number of nitriles is 1. The number of piperazine rings is 1. The molecule has 0 atom stereocenters. The van der Waals surface area contributed by atoms with E-state index in [1.807, 2.05) is 21.2 Å². The first-order valence-electron chi connectivity index (χ1n) is 8.88. The summed E-state index contributed by atoms with van der Waals surface area (Å²) in [6.45, 7) is 3.03. The molecule has 0 bridgehead atoms. The third-order valence-electron chi connectivity index (χ3n) is 4.44. The summed E-state index contributed by atoms with van der Waals surface area (Å²) < 4.78 is 0. The molecule has 1 fully saturated rings. The summed E-state index contributed by atoms with van der Waals surface area (Å²) in [7, 11) is 0. The Bertz CT molecular complexity index is 823. The fourth-order valence-corrected chi connectivity index (χ4v) is 3.64. The second kappa shape index (κ2) is 9.14. The van der Waals surface area contributed by atoms with Crippen molar-refractivity contribution in [2.45, 2.75) is 12.8 Å². The number of carbonyl (C=O) groups excluding carboxylic acids is 2. The van der Waals surface area contributed by atoms with Crippen molar-refractivity contribution in [2.75, 3.05) is 37.6 Å². The number of anilines is 1. The van der Waals surface area contributed by atoms with E-state index in [0.29, 0.717) is 61.8 Å². The Morgan fingerprint density at radius 3 is 2.74 bits per heavy atom. The lowest BCUT2D eigenvalue weighted by Crippen LogP contribution is -2.49. The molecule has 27 heavy (non-hydrogen) atoms. The Balaban J connectivity index is 1.40. The van der Waals surface area contributed by atoms with Gasteiger partial charge in [-0.05, 0) is 30.0 Å². The Hall–Kier alpha value is -2.92. The number of thiophene rings is 1. The van der Waals surface area contributed by atoms with Gasteiger partial charge in [-0.15, -0.1) is 11.3 Å². The van der Waals surface area contributed by atoms with Crippen molar-refractivity contribution < 1.29 is 9.59 Å². The molecule has 1 N–H and O–H groups in total. The zero-order chi connectivity index (χ0) is 19.1. The van der Waals surface area contributed by atoms with Crippen molar-refractivity contribution in [3.8, 4) is 6.07 Å². The largest absolute Gasteiger partial charge is 0.352 e. The molecule has 1 saturated heterocycles. The normalized spacial score (nSPS) is 13.9. The van der Waals surface area contributed by atoms with Gasteiger partial charge in [0.2, 0.25) is 5.91 Å². The Kier molecular flexibility index (Phi) is 6.39. The first-order valence-corrected chi connectivity index (χ1v) is 9.76. The molecule has 3 heterocycles. The molecule has 0 radical (unpaired) electrons. The maximum Gasteiger partial charge on any atom is 0.261 e. The van der Waals surface area contributed by atoms with Crippen molar-refractivity contribution in [2.24, 2.45) is 0 Å². The molecule has 2 aromatic rings. The van der Waals surface area contributed by atoms with Crippen molar-refractivity contribution in [1.29, 1.82) is 5.26 Å². The number of aromatic nitrogens is 1. The van der Waals surface area contributed by atoms with Crippen LogP contribution in [0.2, 0.25) is 0 Å². The van der Waals surface area contributed by atoms with E-state index in [9.17, 15) is 14.9 Å². The number of rotatable bonds is 6. The molecule has 1 aliphatic heterocycles. The number of nitrogens with zero attached hydrogens (tertiary/aromatic N) is 4. The Labute approximate surface area is 162 Å². The van der Waals surface area contributed by atoms with Gasteiger partial charge in [-0.25, -0.2) is 4.98 Å². The fourth-order valence-electron chi connectivity index (χ4n) is 3.00. The van der Waals surface area contributed by atoms with E-state index < -0.39 is 0 Å². The molecule has 0 unspecified atom stereocenters. The summed E-state index contributed by atoms with van der Waals surface area (Å²) in [5.41, 5.74) is 0.554. The topological polar surface area (TPSA) is 89.3 Å². The molecule has 0 aromatic carbocycles. The van der Waals surface area contributed by atoms with Crippen LogP contribution in [0.4, 0.5) is 5.82 Å². The van der Waals surface area contributed by atoms with Crippen molar-refractivity contribution in [1.82, 2.24) is 15.2 Å². The third-order valence-corrected chi connectivity index (χ3v) is 5.31. The monoisotopic (exact) mass is 383 g/mol. The lowest BCUT2D eigenvalue weighted by molar-refractivity contribution is -0.131. The van der Waals surface area contributed by atoms with E-state index in [0.717, 1.165) is 0 Å². The molecule has 2 aromatic heterocycles. The molecule has 1 aliphatic rings. The van der Waals surface area contributed by atoms with Gasteiger partial charge in [-0.3, -0.25) is 9.59 Å². The first-order chi connectivity index (χ1) is 13.2. The zero-order valence-electron chi connectivity index (χ0n) is 14.9. The molecule has 7 nitrogen and oxygen atoms in total. The highest BCUT2D eigenvalue weighted by Gasteiger charge is 2.23. The average molecular weight is 383 g/mol. The highest BCUT2D eigenvalue weighted by atomic mass is 32.1. The summed E-state index contributed by atoms with van der Waals surface area (Å²) in [6, 6.07) is 9.29. The van der Waals surface area contributed by atoms with Gasteiger partial charge in [0.25, 0.3) is 5.91 Å². The van der Waals surface area contributed by atoms with Crippen LogP contribution < -0.4 is 10.2 Å². The first kappa shape index (κ1) is 18.9. The van der Waals surface area contributed by atoms with Gasteiger partial charge in [-0.2, -0.15) is 5.26 Å². The summed E-state index contributed by atoms with van der Waals surface area (Å²) >= 11 is 1.40. The second-order valence-corrected chi connectivity index (χ2v) is 7.14. The predicted octanol–water partition coefficient (Wildman–Crippen LogP) is 1.87. The lowest BCUT2D eigenvalue weighted by atomic mass is 10.2. The summed E-state index contributed by atoms with van der Waals surface area (Å²) in [6.07, 6.45) is 2.71. The van der Waals surface area contributed by atoms with Crippen LogP contribution in [0.3, 0.4) is 0 Å². The fraction of sp³-hybridized carbons (Fsp3) is 0.368. The van der Waals surface area contributed by atoms with Crippen molar-refractivity contribution in [3.05, 3.63) is 46.3 Å². The lowest BCUT2D eigenvalue weighted by Gasteiger charge is -2.35. The number of amides is 2. The minimum Gasteiger partial charge on any atom is -0.352 e. The molecule has 0 spiro atoms. The van der Waals surface area contributed by atoms with E-state index in [-0.39, 0.29) is 11.8 Å². The molecule has 2 amide bonds. The zero-order valence-corrected chi connectivity index (χ0v) is 15.7. The second-order valence-electron chi connectivity index (χ2n) is 6.19. The van der Waals surface area contributed by atoms with Crippen LogP contribution in [-0.4, -0.2) is 54.4 Å². The minimum atomic E-state index is -0.0882. The van der Waals surface area contributed by atoms with Crippen molar-refractivity contribution >= 4 is 29.0 Å². The Morgan fingerprint density at radius 2 is 2.04 bits per heavy atom. The van der Waals surface area contributed by atoms with Gasteiger partial charge in [0.1, 0.15) is 11.9 Å². The molecule has 3 rings (SSSR count). The third kappa shape index (κ3) is 4.83. The molecule has 8 heteroatoms. The number of hydrogen-bond donors (Lipinski definition) is 1. The number of hydrogen-bond acceptors (Lipinski definition) is 6. The van der Waals surface area contributed by atoms with Crippen LogP contribution in [0.15, 0.2) is 35.8 Å². The van der Waals surface area contributed by atoms with Crippen LogP contribution in [-0.2, 0) is 4.79 Å². The minimum absolute atomic E-state index is 0.0882. The summed E-state index contributed by atoms with van der Waals surface area (Å²) in [5, 5.41) is 13.9. The maximum atomic E-state index is 12.4. The summed E-state index contributed by atoms with van der Waals surface area (Å²) in [5.74, 6) is 0.694. The maximum absolute atomic E-state index is 12.4. The van der Waals surface area contributed by atoms with Gasteiger partial charge >= 0.3 is 0 Å². The van der Waals surface area contributed by atoms with E-state index in [1.54, 1.807) is 24.4 Å². The van der Waals surface area contributed by atoms with Crippen LogP contribution in [0.5, 0.6) is 0 Å². The quantitative estimate of drug-likeness (QED) is 0.769. The van der Waals surface area contributed by atoms with Gasteiger partial charge in [0.15, 0.2) is 0 Å². The predicted molar refractivity (Wildman–Crippen MR) is 104 cm³/mol. The summed E-state index contributed by atoms with van der Waals surface area (Å²) in [4.78, 5) is 33.1. The van der Waals surface area contributed by atoms with Gasteiger partial charge in [0, 0.05) is 45.3 Å². The molecular weight excluding hydrogens is 362 g/mol. The number of pyridine rings is 1. The smallest absolute Gasteiger partial charge is 0.261 e. The SMILES string of the molecule is N#Cc1cccnc1N1CCN(C(=O)CCCNC(=O)c2cccs2)CC1. The van der Waals surface area contributed by atoms with E-state index in [4.69, 9.17) is 0 Å². The molecular formula is C19H21N5O2S. The van der Waals surface area contributed by atoms with Crippen LogP contribution in [0, 0.1) is 11.3 Å². The highest BCUT2D eigenvalue weighted by molar-refractivity contribution is 7.12. The molecule has 140 valence electrons.